The number of benzene rings is 3. The van der Waals surface area contributed by atoms with Crippen molar-refractivity contribution < 1.29 is 18.9 Å². The van der Waals surface area contributed by atoms with Crippen molar-refractivity contribution in [1.29, 1.82) is 0 Å². The molecule has 0 fully saturated rings. The van der Waals surface area contributed by atoms with E-state index in [1.54, 1.807) is 60.4 Å². The largest absolute Gasteiger partial charge is 0.354 e. The van der Waals surface area contributed by atoms with Gasteiger partial charge in [0.25, 0.3) is 5.91 Å². The SMILES string of the molecule is Cc1noc(/C=C/c2ccc(Cl)cc2)c1N1CC2=C(C(=O)c3ccccc3C2=O)C12C(=O)Nc1ccccc12. The van der Waals surface area contributed by atoms with Gasteiger partial charge in [-0.2, -0.15) is 0 Å². The smallest absolute Gasteiger partial charge is 0.259 e. The van der Waals surface area contributed by atoms with Crippen LogP contribution < -0.4 is 10.2 Å². The summed E-state index contributed by atoms with van der Waals surface area (Å²) in [5, 5.41) is 7.79. The van der Waals surface area contributed by atoms with Gasteiger partial charge in [-0.1, -0.05) is 77.4 Å². The molecule has 7 nitrogen and oxygen atoms in total. The highest BCUT2D eigenvalue weighted by atomic mass is 35.5. The number of nitrogens with one attached hydrogen (secondary N) is 1. The van der Waals surface area contributed by atoms with Crippen molar-refractivity contribution in [1.82, 2.24) is 5.16 Å². The summed E-state index contributed by atoms with van der Waals surface area (Å²) in [4.78, 5) is 43.8. The van der Waals surface area contributed by atoms with Crippen molar-refractivity contribution >= 4 is 52.6 Å². The van der Waals surface area contributed by atoms with Crippen LogP contribution in [0.5, 0.6) is 0 Å². The number of anilines is 2. The van der Waals surface area contributed by atoms with E-state index in [2.05, 4.69) is 10.5 Å². The van der Waals surface area contributed by atoms with E-state index < -0.39 is 11.4 Å². The third kappa shape index (κ3) is 3.17. The number of carbonyl (C=O) groups is 3. The zero-order chi connectivity index (χ0) is 26.9. The molecule has 1 atom stereocenters. The van der Waals surface area contributed by atoms with Crippen molar-refractivity contribution in [3.8, 4) is 0 Å². The minimum absolute atomic E-state index is 0.0415. The second-order valence-electron chi connectivity index (χ2n) is 9.72. The van der Waals surface area contributed by atoms with Gasteiger partial charge in [-0.05, 0) is 36.8 Å². The molecule has 8 heteroatoms. The summed E-state index contributed by atoms with van der Waals surface area (Å²) in [5.74, 6) is -0.590. The predicted octanol–water partition coefficient (Wildman–Crippen LogP) is 5.85. The van der Waals surface area contributed by atoms with Gasteiger partial charge in [0.05, 0.1) is 0 Å². The highest BCUT2D eigenvalue weighted by Crippen LogP contribution is 2.55. The lowest BCUT2D eigenvalue weighted by molar-refractivity contribution is -0.119. The summed E-state index contributed by atoms with van der Waals surface area (Å²) >= 11 is 6.03. The van der Waals surface area contributed by atoms with Gasteiger partial charge >= 0.3 is 0 Å². The monoisotopic (exact) mass is 533 g/mol. The summed E-state index contributed by atoms with van der Waals surface area (Å²) < 4.78 is 5.72. The van der Waals surface area contributed by atoms with E-state index in [0.717, 1.165) is 5.56 Å². The number of amides is 1. The Bertz CT molecular complexity index is 1800. The third-order valence-electron chi connectivity index (χ3n) is 7.62. The van der Waals surface area contributed by atoms with Crippen LogP contribution in [-0.4, -0.2) is 29.2 Å². The second kappa shape index (κ2) is 8.38. The highest BCUT2D eigenvalue weighted by molar-refractivity contribution is 6.33. The maximum atomic E-state index is 14.1. The number of carbonyl (C=O) groups excluding carboxylic acids is 3. The van der Waals surface area contributed by atoms with Crippen molar-refractivity contribution in [2.75, 3.05) is 16.8 Å². The third-order valence-corrected chi connectivity index (χ3v) is 7.87. The van der Waals surface area contributed by atoms with Crippen molar-refractivity contribution in [2.24, 2.45) is 0 Å². The fourth-order valence-corrected chi connectivity index (χ4v) is 6.07. The average Bonchev–Trinajstić information content (AvgIpc) is 3.59. The van der Waals surface area contributed by atoms with Crippen LogP contribution in [0.3, 0.4) is 0 Å². The van der Waals surface area contributed by atoms with Gasteiger partial charge in [-0.15, -0.1) is 0 Å². The molecule has 39 heavy (non-hydrogen) atoms. The molecule has 4 aromatic rings. The molecule has 3 aliphatic rings. The van der Waals surface area contributed by atoms with E-state index in [1.165, 1.54) is 0 Å². The van der Waals surface area contributed by atoms with E-state index in [-0.39, 0.29) is 23.7 Å². The number of nitrogens with zero attached hydrogens (tertiary/aromatic N) is 2. The molecular formula is C31H20ClN3O4. The molecule has 1 aliphatic carbocycles. The average molecular weight is 534 g/mol. The van der Waals surface area contributed by atoms with E-state index in [1.807, 2.05) is 36.4 Å². The van der Waals surface area contributed by atoms with Crippen LogP contribution in [0.2, 0.25) is 5.02 Å². The van der Waals surface area contributed by atoms with Gasteiger partial charge in [-0.3, -0.25) is 14.4 Å². The standard InChI is InChI=1S/C31H20ClN3O4/c1-17-27(25(39-34-17)15-12-18-10-13-19(32)14-11-18)35-16-22-26(29(37)21-7-3-2-6-20(21)28(22)36)31(35)23-8-4-5-9-24(23)33-30(31)38/h2-15H,16H2,1H3,(H,33,38)/b15-12+. The number of fused-ring (bicyclic) bond motifs is 4. The number of rotatable bonds is 3. The highest BCUT2D eigenvalue weighted by Gasteiger charge is 2.63. The van der Waals surface area contributed by atoms with Crippen molar-refractivity contribution in [2.45, 2.75) is 12.5 Å². The summed E-state index contributed by atoms with van der Waals surface area (Å²) in [6.07, 6.45) is 3.62. The lowest BCUT2D eigenvalue weighted by Gasteiger charge is -2.37. The Kier molecular flexibility index (Phi) is 5.02. The first kappa shape index (κ1) is 23.4. The molecule has 3 heterocycles. The zero-order valence-corrected chi connectivity index (χ0v) is 21.5. The number of Topliss-reactive ketones (excluding diaryl/α,β-unsaturated/α-hetero) is 2. The maximum absolute atomic E-state index is 14.1. The summed E-state index contributed by atoms with van der Waals surface area (Å²) in [6.45, 7) is 1.82. The Morgan fingerprint density at radius 2 is 1.62 bits per heavy atom. The van der Waals surface area contributed by atoms with Gasteiger partial charge in [0.2, 0.25) is 0 Å². The minimum Gasteiger partial charge on any atom is -0.354 e. The fourth-order valence-electron chi connectivity index (χ4n) is 5.94. The molecule has 1 spiro atoms. The van der Waals surface area contributed by atoms with Crippen molar-refractivity contribution in [3.05, 3.63) is 123 Å². The van der Waals surface area contributed by atoms with E-state index >= 15 is 0 Å². The van der Waals surface area contributed by atoms with Crippen molar-refractivity contribution in [3.63, 3.8) is 0 Å². The van der Waals surface area contributed by atoms with E-state index in [4.69, 9.17) is 16.1 Å². The van der Waals surface area contributed by atoms with Crippen LogP contribution in [-0.2, 0) is 10.3 Å². The van der Waals surface area contributed by atoms with E-state index in [9.17, 15) is 14.4 Å². The molecule has 7 rings (SSSR count). The van der Waals surface area contributed by atoms with Gasteiger partial charge in [0.15, 0.2) is 22.9 Å². The summed E-state index contributed by atoms with van der Waals surface area (Å²) in [6, 6.07) is 21.3. The van der Waals surface area contributed by atoms with Crippen LogP contribution in [0.1, 0.15) is 43.3 Å². The van der Waals surface area contributed by atoms with Gasteiger partial charge in [0, 0.05) is 45.1 Å². The van der Waals surface area contributed by atoms with E-state index in [0.29, 0.717) is 50.1 Å². The van der Waals surface area contributed by atoms with Crippen LogP contribution in [0, 0.1) is 6.92 Å². The van der Waals surface area contributed by atoms with Crippen LogP contribution >= 0.6 is 11.6 Å². The molecule has 1 N–H and O–H groups in total. The Labute approximate surface area is 228 Å². The number of para-hydroxylation sites is 1. The fraction of sp³-hybridized carbons (Fsp3) is 0.0968. The Balaban J connectivity index is 1.45. The second-order valence-corrected chi connectivity index (χ2v) is 10.2. The number of ketones is 2. The van der Waals surface area contributed by atoms with Crippen LogP contribution in [0.25, 0.3) is 12.2 Å². The van der Waals surface area contributed by atoms with Crippen LogP contribution in [0.15, 0.2) is 88.5 Å². The maximum Gasteiger partial charge on any atom is 0.259 e. The number of hydrogen-bond donors (Lipinski definition) is 1. The topological polar surface area (TPSA) is 92.5 Å². The molecule has 0 saturated carbocycles. The molecule has 0 bridgehead atoms. The lowest BCUT2D eigenvalue weighted by Crippen LogP contribution is -2.51. The predicted molar refractivity (Wildman–Crippen MR) is 148 cm³/mol. The van der Waals surface area contributed by atoms with Gasteiger partial charge < -0.3 is 14.7 Å². The summed E-state index contributed by atoms with van der Waals surface area (Å²) in [7, 11) is 0. The number of aryl methyl sites for hydroxylation is 1. The van der Waals surface area contributed by atoms with Gasteiger partial charge in [-0.25, -0.2) is 0 Å². The number of aromatic nitrogens is 1. The minimum atomic E-state index is -1.56. The lowest BCUT2D eigenvalue weighted by atomic mass is 9.74. The Morgan fingerprint density at radius 1 is 0.923 bits per heavy atom. The number of hydrogen-bond acceptors (Lipinski definition) is 6. The Morgan fingerprint density at radius 3 is 2.38 bits per heavy atom. The van der Waals surface area contributed by atoms with Gasteiger partial charge in [0.1, 0.15) is 11.4 Å². The molecule has 2 aliphatic heterocycles. The molecule has 190 valence electrons. The Hall–Kier alpha value is -4.75. The molecular weight excluding hydrogens is 514 g/mol. The molecule has 0 radical (unpaired) electrons. The zero-order valence-electron chi connectivity index (χ0n) is 20.7. The molecule has 1 aromatic heterocycles. The first-order valence-corrected chi connectivity index (χ1v) is 12.8. The molecule has 1 amide bonds. The quantitative estimate of drug-likeness (QED) is 0.355. The number of halogens is 1. The van der Waals surface area contributed by atoms with Crippen LogP contribution in [0.4, 0.5) is 11.4 Å². The molecule has 3 aromatic carbocycles. The molecule has 1 unspecified atom stereocenters. The first-order chi connectivity index (χ1) is 18.9. The first-order valence-electron chi connectivity index (χ1n) is 12.4. The summed E-state index contributed by atoms with van der Waals surface area (Å²) in [5.41, 5.74) is 2.70. The normalized spacial score (nSPS) is 19.6. The molecule has 0 saturated heterocycles.